The van der Waals surface area contributed by atoms with Crippen LogP contribution in [0.3, 0.4) is 0 Å². The summed E-state index contributed by atoms with van der Waals surface area (Å²) in [7, 11) is 1.56. The number of amides is 1. The highest BCUT2D eigenvalue weighted by molar-refractivity contribution is 7.47. The van der Waals surface area contributed by atoms with Gasteiger partial charge in [-0.1, -0.05) is 312 Å². The third-order valence-corrected chi connectivity index (χ3v) is 16.7. The number of aliphatic hydroxyl groups is 1. The van der Waals surface area contributed by atoms with E-state index >= 15 is 0 Å². The SMILES string of the molecule is CCCCCCC/C=C\C/C=C\CCCCCCCCCCCCCCCCCCCCCCCCCCCC(=O)NC(COP(=O)(O)OCC[N+](C)(C)C)C(O)/C=C/CC/C=C/CC/C=C/CCCCCCCCCCCCC. The van der Waals surface area contributed by atoms with Crippen molar-refractivity contribution >= 4 is 13.7 Å². The summed E-state index contributed by atoms with van der Waals surface area (Å²) in [4.78, 5) is 23.4. The second kappa shape index (κ2) is 61.8. The van der Waals surface area contributed by atoms with Crippen molar-refractivity contribution in [2.75, 3.05) is 40.9 Å². The fourth-order valence-electron chi connectivity index (χ4n) is 10.3. The monoisotopic (exact) mass is 1140 g/mol. The van der Waals surface area contributed by atoms with Crippen molar-refractivity contribution in [3.63, 3.8) is 0 Å². The molecule has 0 bridgehead atoms. The Morgan fingerprint density at radius 2 is 0.725 bits per heavy atom. The highest BCUT2D eigenvalue weighted by atomic mass is 31.2. The first-order valence-corrected chi connectivity index (χ1v) is 36.2. The molecular weight excluding hydrogens is 1010 g/mol. The standard InChI is InChI=1S/C71H135N2O6P/c1-6-8-10-12-14-16-18-20-22-24-26-28-29-30-31-32-33-34-35-36-37-38-39-40-41-42-43-45-47-49-51-53-55-57-59-61-63-65-71(75)72-69(68-79-80(76,77)78-67-66-73(3,4)5)70(74)64-62-60-58-56-54-52-50-48-46-44-27-25-23-21-19-17-15-13-11-9-7-2/h18,20,24,26,46,48,54,56,62,64,69-70,74H,6-17,19,21-23,25,27-45,47,49-53,55,57-61,63,65-68H2,1-5H3,(H-,72,75,76,77)/p+1/b20-18-,26-24-,48-46+,56-54+,64-62+. The molecule has 9 heteroatoms. The van der Waals surface area contributed by atoms with E-state index in [4.69, 9.17) is 9.05 Å². The molecule has 0 rings (SSSR count). The van der Waals surface area contributed by atoms with Gasteiger partial charge in [0.05, 0.1) is 39.9 Å². The molecule has 0 aliphatic carbocycles. The van der Waals surface area contributed by atoms with Gasteiger partial charge in [-0.15, -0.1) is 0 Å². The van der Waals surface area contributed by atoms with Crippen LogP contribution in [0, 0.1) is 0 Å². The van der Waals surface area contributed by atoms with Crippen LogP contribution in [0.4, 0.5) is 0 Å². The lowest BCUT2D eigenvalue weighted by Crippen LogP contribution is -2.45. The first-order chi connectivity index (χ1) is 39.0. The summed E-state index contributed by atoms with van der Waals surface area (Å²) < 4.78 is 23.8. The van der Waals surface area contributed by atoms with E-state index in [0.717, 1.165) is 51.4 Å². The molecule has 0 aliphatic heterocycles. The summed E-state index contributed by atoms with van der Waals surface area (Å²) in [6.07, 6.45) is 85.2. The van der Waals surface area contributed by atoms with Gasteiger partial charge in [0.25, 0.3) is 0 Å². The number of allylic oxidation sites excluding steroid dienone is 9. The number of quaternary nitrogens is 1. The zero-order valence-corrected chi connectivity index (χ0v) is 54.7. The van der Waals surface area contributed by atoms with Crippen molar-refractivity contribution in [3.8, 4) is 0 Å². The molecule has 0 aromatic rings. The van der Waals surface area contributed by atoms with Gasteiger partial charge in [0.2, 0.25) is 5.91 Å². The fourth-order valence-corrected chi connectivity index (χ4v) is 11.0. The average Bonchev–Trinajstić information content (AvgIpc) is 3.42. The molecule has 1 amide bonds. The molecule has 3 atom stereocenters. The maximum absolute atomic E-state index is 13.0. The van der Waals surface area contributed by atoms with E-state index in [2.05, 4.69) is 67.8 Å². The summed E-state index contributed by atoms with van der Waals surface area (Å²) in [6.45, 7) is 4.81. The molecular formula is C71H136N2O6P+. The highest BCUT2D eigenvalue weighted by Gasteiger charge is 2.28. The largest absolute Gasteiger partial charge is 0.472 e. The summed E-state index contributed by atoms with van der Waals surface area (Å²) in [5, 5.41) is 14.0. The molecule has 0 aliphatic rings. The number of phosphoric ester groups is 1. The third kappa shape index (κ3) is 63.8. The van der Waals surface area contributed by atoms with Crippen LogP contribution in [-0.4, -0.2) is 73.4 Å². The van der Waals surface area contributed by atoms with Gasteiger partial charge in [0.1, 0.15) is 13.2 Å². The Hall–Kier alpha value is -1.80. The predicted octanol–water partition coefficient (Wildman–Crippen LogP) is 22.0. The van der Waals surface area contributed by atoms with E-state index in [1.807, 2.05) is 27.2 Å². The molecule has 3 unspecified atom stereocenters. The summed E-state index contributed by atoms with van der Waals surface area (Å²) >= 11 is 0. The molecule has 8 nitrogen and oxygen atoms in total. The summed E-state index contributed by atoms with van der Waals surface area (Å²) in [6, 6.07) is -0.871. The number of hydrogen-bond acceptors (Lipinski definition) is 5. The molecule has 0 saturated carbocycles. The van der Waals surface area contributed by atoms with E-state index < -0.39 is 20.0 Å². The van der Waals surface area contributed by atoms with Crippen LogP contribution in [0.2, 0.25) is 0 Å². The van der Waals surface area contributed by atoms with Crippen molar-refractivity contribution in [2.24, 2.45) is 0 Å². The molecule has 80 heavy (non-hydrogen) atoms. The number of hydrogen-bond donors (Lipinski definition) is 3. The number of carbonyl (C=O) groups excluding carboxylic acids is 1. The second-order valence-corrected chi connectivity index (χ2v) is 26.3. The molecule has 0 radical (unpaired) electrons. The Morgan fingerprint density at radius 1 is 0.425 bits per heavy atom. The summed E-state index contributed by atoms with van der Waals surface area (Å²) in [5.41, 5.74) is 0. The minimum Gasteiger partial charge on any atom is -0.387 e. The number of phosphoric acid groups is 1. The Balaban J connectivity index is 4.02. The summed E-state index contributed by atoms with van der Waals surface area (Å²) in [5.74, 6) is -0.186. The molecule has 470 valence electrons. The molecule has 3 N–H and O–H groups in total. The topological polar surface area (TPSA) is 105 Å². The minimum atomic E-state index is -4.36. The van der Waals surface area contributed by atoms with Crippen molar-refractivity contribution in [3.05, 3.63) is 60.8 Å². The van der Waals surface area contributed by atoms with Gasteiger partial charge in [0.15, 0.2) is 0 Å². The normalized spacial score (nSPS) is 14.0. The first-order valence-electron chi connectivity index (χ1n) is 34.7. The van der Waals surface area contributed by atoms with Crippen LogP contribution in [0.25, 0.3) is 0 Å². The Bertz CT molecular complexity index is 1490. The van der Waals surface area contributed by atoms with Crippen molar-refractivity contribution in [1.29, 1.82) is 0 Å². The maximum Gasteiger partial charge on any atom is 0.472 e. The highest BCUT2D eigenvalue weighted by Crippen LogP contribution is 2.43. The van der Waals surface area contributed by atoms with Crippen molar-refractivity contribution < 1.29 is 32.9 Å². The third-order valence-electron chi connectivity index (χ3n) is 15.7. The van der Waals surface area contributed by atoms with Gasteiger partial charge in [0, 0.05) is 6.42 Å². The van der Waals surface area contributed by atoms with Gasteiger partial charge in [-0.25, -0.2) is 4.57 Å². The zero-order valence-electron chi connectivity index (χ0n) is 53.8. The smallest absolute Gasteiger partial charge is 0.387 e. The molecule has 0 saturated heterocycles. The quantitative estimate of drug-likeness (QED) is 0.0243. The van der Waals surface area contributed by atoms with E-state index in [9.17, 15) is 19.4 Å². The number of nitrogens with one attached hydrogen (secondary N) is 1. The van der Waals surface area contributed by atoms with Crippen LogP contribution < -0.4 is 5.32 Å². The number of aliphatic hydroxyl groups excluding tert-OH is 1. The van der Waals surface area contributed by atoms with E-state index in [1.165, 1.54) is 263 Å². The van der Waals surface area contributed by atoms with Crippen molar-refractivity contribution in [2.45, 2.75) is 347 Å². The van der Waals surface area contributed by atoms with E-state index in [-0.39, 0.29) is 19.1 Å². The molecule has 0 fully saturated rings. The van der Waals surface area contributed by atoms with Gasteiger partial charge in [-0.3, -0.25) is 13.8 Å². The maximum atomic E-state index is 13.0. The van der Waals surface area contributed by atoms with Crippen molar-refractivity contribution in [1.82, 2.24) is 5.32 Å². The average molecular weight is 1140 g/mol. The van der Waals surface area contributed by atoms with Gasteiger partial charge >= 0.3 is 7.82 Å². The predicted molar refractivity (Wildman–Crippen MR) is 350 cm³/mol. The lowest BCUT2D eigenvalue weighted by atomic mass is 10.0. The van der Waals surface area contributed by atoms with E-state index in [0.29, 0.717) is 17.4 Å². The van der Waals surface area contributed by atoms with Gasteiger partial charge in [-0.2, -0.15) is 0 Å². The van der Waals surface area contributed by atoms with Crippen LogP contribution in [0.15, 0.2) is 60.8 Å². The number of carbonyl (C=O) groups is 1. The molecule has 0 aromatic heterocycles. The molecule has 0 heterocycles. The van der Waals surface area contributed by atoms with Gasteiger partial charge < -0.3 is 19.8 Å². The molecule has 0 aromatic carbocycles. The Labute approximate surface area is 498 Å². The fraction of sp³-hybridized carbons (Fsp3) is 0.845. The van der Waals surface area contributed by atoms with E-state index in [1.54, 1.807) is 6.08 Å². The number of nitrogens with zero attached hydrogens (tertiary/aromatic N) is 1. The van der Waals surface area contributed by atoms with Crippen LogP contribution in [0.1, 0.15) is 335 Å². The number of unbranched alkanes of at least 4 members (excludes halogenated alkanes) is 43. The lowest BCUT2D eigenvalue weighted by molar-refractivity contribution is -0.870. The number of likely N-dealkylation sites (N-methyl/N-ethyl adjacent to an activating group) is 1. The second-order valence-electron chi connectivity index (χ2n) is 24.9. The van der Waals surface area contributed by atoms with Crippen LogP contribution in [-0.2, 0) is 18.4 Å². The zero-order chi connectivity index (χ0) is 58.4. The van der Waals surface area contributed by atoms with Gasteiger partial charge in [-0.05, 0) is 77.0 Å². The Kier molecular flexibility index (Phi) is 60.4. The first kappa shape index (κ1) is 78.2. The Morgan fingerprint density at radius 3 is 1.07 bits per heavy atom. The van der Waals surface area contributed by atoms with Crippen LogP contribution >= 0.6 is 7.82 Å². The lowest BCUT2D eigenvalue weighted by Gasteiger charge is -2.25. The van der Waals surface area contributed by atoms with Crippen LogP contribution in [0.5, 0.6) is 0 Å². The molecule has 0 spiro atoms. The minimum absolute atomic E-state index is 0.0539. The number of rotatable bonds is 64.